The third kappa shape index (κ3) is 4.27. The van der Waals surface area contributed by atoms with Gasteiger partial charge in [0.05, 0.1) is 0 Å². The number of hydrogen-bond acceptors (Lipinski definition) is 2. The Labute approximate surface area is 163 Å². The number of hydrogen-bond donors (Lipinski definition) is 1. The van der Waals surface area contributed by atoms with Gasteiger partial charge in [-0.25, -0.2) is 0 Å². The predicted octanol–water partition coefficient (Wildman–Crippen LogP) is 3.52. The number of rotatable bonds is 5. The van der Waals surface area contributed by atoms with Crippen LogP contribution in [0.4, 0.5) is 0 Å². The van der Waals surface area contributed by atoms with Crippen LogP contribution in [0, 0.1) is 0 Å². The quantitative estimate of drug-likeness (QED) is 0.651. The third-order valence-corrected chi connectivity index (χ3v) is 5.98. The largest absolute Gasteiger partial charge is 0.357 e. The summed E-state index contributed by atoms with van der Waals surface area (Å²) < 4.78 is 0. The molecule has 2 aromatic carbocycles. The molecule has 27 heavy (non-hydrogen) atoms. The fourth-order valence-corrected chi connectivity index (χ4v) is 4.56. The SMILES string of the molecule is CCNC(=NCCc1cccc2ccccc12)N1CCC(N2CCCC2)C1. The van der Waals surface area contributed by atoms with Crippen LogP contribution in [0.2, 0.25) is 0 Å². The molecule has 0 aliphatic carbocycles. The average molecular weight is 365 g/mol. The van der Waals surface area contributed by atoms with Crippen molar-refractivity contribution in [3.05, 3.63) is 48.0 Å². The van der Waals surface area contributed by atoms with E-state index in [9.17, 15) is 0 Å². The minimum Gasteiger partial charge on any atom is -0.357 e. The third-order valence-electron chi connectivity index (χ3n) is 5.98. The second kappa shape index (κ2) is 8.75. The summed E-state index contributed by atoms with van der Waals surface area (Å²) in [5.74, 6) is 1.10. The van der Waals surface area contributed by atoms with Gasteiger partial charge in [-0.15, -0.1) is 0 Å². The molecule has 0 aromatic heterocycles. The molecular weight excluding hydrogens is 332 g/mol. The van der Waals surface area contributed by atoms with Gasteiger partial charge in [0.2, 0.25) is 0 Å². The van der Waals surface area contributed by atoms with E-state index in [1.54, 1.807) is 0 Å². The van der Waals surface area contributed by atoms with E-state index in [0.29, 0.717) is 0 Å². The molecular formula is C23H32N4. The molecule has 0 amide bonds. The van der Waals surface area contributed by atoms with Crippen LogP contribution in [0.5, 0.6) is 0 Å². The molecule has 1 unspecified atom stereocenters. The van der Waals surface area contributed by atoms with Gasteiger partial charge in [-0.3, -0.25) is 9.89 Å². The number of nitrogens with zero attached hydrogens (tertiary/aromatic N) is 3. The molecule has 2 aliphatic rings. The number of fused-ring (bicyclic) bond motifs is 1. The molecule has 2 aromatic rings. The van der Waals surface area contributed by atoms with Crippen molar-refractivity contribution in [2.75, 3.05) is 39.3 Å². The molecule has 4 heteroatoms. The van der Waals surface area contributed by atoms with Crippen molar-refractivity contribution in [1.82, 2.24) is 15.1 Å². The van der Waals surface area contributed by atoms with Crippen molar-refractivity contribution < 1.29 is 0 Å². The van der Waals surface area contributed by atoms with Crippen LogP contribution in [0.1, 0.15) is 31.7 Å². The maximum absolute atomic E-state index is 4.97. The first-order valence-electron chi connectivity index (χ1n) is 10.6. The van der Waals surface area contributed by atoms with Crippen LogP contribution in [0.3, 0.4) is 0 Å². The fourth-order valence-electron chi connectivity index (χ4n) is 4.56. The zero-order chi connectivity index (χ0) is 18.5. The Morgan fingerprint density at radius 3 is 2.74 bits per heavy atom. The smallest absolute Gasteiger partial charge is 0.193 e. The Balaban J connectivity index is 1.40. The number of likely N-dealkylation sites (tertiary alicyclic amines) is 2. The summed E-state index contributed by atoms with van der Waals surface area (Å²) in [5.41, 5.74) is 1.39. The Bertz CT molecular complexity index is 774. The summed E-state index contributed by atoms with van der Waals surface area (Å²) in [7, 11) is 0. The van der Waals surface area contributed by atoms with Gasteiger partial charge in [0.1, 0.15) is 0 Å². The first-order valence-corrected chi connectivity index (χ1v) is 10.6. The van der Waals surface area contributed by atoms with Crippen molar-refractivity contribution >= 4 is 16.7 Å². The first-order chi connectivity index (χ1) is 13.3. The highest BCUT2D eigenvalue weighted by Crippen LogP contribution is 2.21. The molecule has 2 saturated heterocycles. The molecule has 1 atom stereocenters. The van der Waals surface area contributed by atoms with Gasteiger partial charge >= 0.3 is 0 Å². The van der Waals surface area contributed by atoms with Gasteiger partial charge in [-0.05, 0) is 62.0 Å². The van der Waals surface area contributed by atoms with Crippen molar-refractivity contribution in [2.24, 2.45) is 4.99 Å². The van der Waals surface area contributed by atoms with E-state index in [1.807, 2.05) is 0 Å². The van der Waals surface area contributed by atoms with Gasteiger partial charge in [0, 0.05) is 32.2 Å². The predicted molar refractivity (Wildman–Crippen MR) is 114 cm³/mol. The normalized spacial score (nSPS) is 21.3. The summed E-state index contributed by atoms with van der Waals surface area (Å²) in [6.07, 6.45) is 5.00. The van der Waals surface area contributed by atoms with Crippen molar-refractivity contribution in [2.45, 2.75) is 38.6 Å². The second-order valence-corrected chi connectivity index (χ2v) is 7.76. The van der Waals surface area contributed by atoms with Gasteiger partial charge in [0.15, 0.2) is 5.96 Å². The Hall–Kier alpha value is -2.07. The molecule has 0 spiro atoms. The molecule has 0 saturated carbocycles. The van der Waals surface area contributed by atoms with E-state index in [4.69, 9.17) is 4.99 Å². The molecule has 2 aliphatic heterocycles. The Morgan fingerprint density at radius 2 is 1.89 bits per heavy atom. The number of guanidine groups is 1. The summed E-state index contributed by atoms with van der Waals surface area (Å²) in [6.45, 7) is 8.75. The molecule has 2 fully saturated rings. The molecule has 0 radical (unpaired) electrons. The first kappa shape index (κ1) is 18.3. The number of nitrogens with one attached hydrogen (secondary N) is 1. The van der Waals surface area contributed by atoms with E-state index in [-0.39, 0.29) is 0 Å². The van der Waals surface area contributed by atoms with Crippen LogP contribution in [0.25, 0.3) is 10.8 Å². The van der Waals surface area contributed by atoms with Gasteiger partial charge in [-0.1, -0.05) is 42.5 Å². The lowest BCUT2D eigenvalue weighted by atomic mass is 10.0. The number of aliphatic imine (C=N–C) groups is 1. The monoisotopic (exact) mass is 364 g/mol. The zero-order valence-electron chi connectivity index (χ0n) is 16.5. The van der Waals surface area contributed by atoms with Crippen LogP contribution in [0.15, 0.2) is 47.5 Å². The highest BCUT2D eigenvalue weighted by molar-refractivity contribution is 5.85. The lowest BCUT2D eigenvalue weighted by Crippen LogP contribution is -2.42. The second-order valence-electron chi connectivity index (χ2n) is 7.76. The zero-order valence-corrected chi connectivity index (χ0v) is 16.5. The summed E-state index contributed by atoms with van der Waals surface area (Å²) in [5, 5.41) is 6.19. The minimum absolute atomic E-state index is 0.717. The summed E-state index contributed by atoms with van der Waals surface area (Å²) in [4.78, 5) is 10.1. The maximum Gasteiger partial charge on any atom is 0.193 e. The topological polar surface area (TPSA) is 30.9 Å². The van der Waals surface area contributed by atoms with Gasteiger partial charge in [0.25, 0.3) is 0 Å². The van der Waals surface area contributed by atoms with E-state index in [1.165, 1.54) is 48.7 Å². The van der Waals surface area contributed by atoms with Crippen molar-refractivity contribution in [1.29, 1.82) is 0 Å². The van der Waals surface area contributed by atoms with Crippen LogP contribution >= 0.6 is 0 Å². The van der Waals surface area contributed by atoms with Crippen LogP contribution in [-0.4, -0.2) is 61.1 Å². The molecule has 4 nitrogen and oxygen atoms in total. The van der Waals surface area contributed by atoms with E-state index >= 15 is 0 Å². The molecule has 4 rings (SSSR count). The fraction of sp³-hybridized carbons (Fsp3) is 0.522. The van der Waals surface area contributed by atoms with Gasteiger partial charge < -0.3 is 10.2 Å². The standard InChI is InChI=1S/C23H32N4/c1-2-24-23(27-17-13-21(18-27)26-15-5-6-16-26)25-14-12-20-10-7-9-19-8-3-4-11-22(19)20/h3-4,7-11,21H,2,5-6,12-18H2,1H3,(H,24,25). The Kier molecular flexibility index (Phi) is 5.93. The minimum atomic E-state index is 0.717. The maximum atomic E-state index is 4.97. The van der Waals surface area contributed by atoms with Crippen molar-refractivity contribution in [3.8, 4) is 0 Å². The Morgan fingerprint density at radius 1 is 1.07 bits per heavy atom. The van der Waals surface area contributed by atoms with E-state index < -0.39 is 0 Å². The lowest BCUT2D eigenvalue weighted by molar-refractivity contribution is 0.249. The summed E-state index contributed by atoms with van der Waals surface area (Å²) >= 11 is 0. The van der Waals surface area contributed by atoms with Crippen molar-refractivity contribution in [3.63, 3.8) is 0 Å². The highest BCUT2D eigenvalue weighted by Gasteiger charge is 2.30. The van der Waals surface area contributed by atoms with E-state index in [2.05, 4.69) is 64.5 Å². The molecule has 1 N–H and O–H groups in total. The average Bonchev–Trinajstić information content (AvgIpc) is 3.39. The van der Waals surface area contributed by atoms with E-state index in [0.717, 1.165) is 44.6 Å². The molecule has 144 valence electrons. The highest BCUT2D eigenvalue weighted by atomic mass is 15.3. The number of benzene rings is 2. The molecule has 2 heterocycles. The lowest BCUT2D eigenvalue weighted by Gasteiger charge is -2.25. The van der Waals surface area contributed by atoms with Crippen LogP contribution < -0.4 is 5.32 Å². The summed E-state index contributed by atoms with van der Waals surface area (Å²) in [6, 6.07) is 16.0. The molecule has 0 bridgehead atoms. The van der Waals surface area contributed by atoms with Crippen LogP contribution in [-0.2, 0) is 6.42 Å². The van der Waals surface area contributed by atoms with Gasteiger partial charge in [-0.2, -0.15) is 0 Å².